The predicted molar refractivity (Wildman–Crippen MR) is 51.9 cm³/mol. The summed E-state index contributed by atoms with van der Waals surface area (Å²) in [5, 5.41) is 10.6. The van der Waals surface area contributed by atoms with E-state index in [-0.39, 0.29) is 19.6 Å². The van der Waals surface area contributed by atoms with Crippen LogP contribution in [0.5, 0.6) is 0 Å². The SMILES string of the molecule is CCOP(=O)(OCC)[C@H](CC)[N+](=O)[O-]. The summed E-state index contributed by atoms with van der Waals surface area (Å²) in [6.07, 6.45) is 0.129. The molecular formula is C7H16NO5P. The molecule has 0 saturated heterocycles. The average molecular weight is 225 g/mol. The van der Waals surface area contributed by atoms with Gasteiger partial charge in [-0.25, -0.2) is 0 Å². The standard InChI is InChI=1S/C7H16NO5P/c1-4-7(8(9)10)14(11,12-5-2)13-6-3/h7H,4-6H2,1-3H3/t7-/m1/s1. The van der Waals surface area contributed by atoms with Crippen molar-refractivity contribution in [3.05, 3.63) is 10.1 Å². The molecule has 0 N–H and O–H groups in total. The topological polar surface area (TPSA) is 78.7 Å². The molecule has 0 aromatic heterocycles. The summed E-state index contributed by atoms with van der Waals surface area (Å²) in [6, 6.07) is 0. The van der Waals surface area contributed by atoms with E-state index < -0.39 is 18.3 Å². The summed E-state index contributed by atoms with van der Waals surface area (Å²) in [7, 11) is -3.58. The van der Waals surface area contributed by atoms with Gasteiger partial charge in [0.2, 0.25) is 0 Å². The molecule has 7 heteroatoms. The van der Waals surface area contributed by atoms with Crippen LogP contribution in [0.3, 0.4) is 0 Å². The molecule has 6 nitrogen and oxygen atoms in total. The van der Waals surface area contributed by atoms with Crippen LogP contribution >= 0.6 is 7.60 Å². The van der Waals surface area contributed by atoms with Gasteiger partial charge in [-0.3, -0.25) is 14.7 Å². The van der Waals surface area contributed by atoms with Gasteiger partial charge in [-0.05, 0) is 13.8 Å². The van der Waals surface area contributed by atoms with Crippen molar-refractivity contribution in [1.82, 2.24) is 0 Å². The molecule has 0 aliphatic carbocycles. The van der Waals surface area contributed by atoms with Crippen molar-refractivity contribution in [2.45, 2.75) is 33.0 Å². The van der Waals surface area contributed by atoms with Crippen LogP contribution in [0.15, 0.2) is 0 Å². The highest BCUT2D eigenvalue weighted by Crippen LogP contribution is 2.54. The number of hydrogen-bond acceptors (Lipinski definition) is 5. The van der Waals surface area contributed by atoms with Gasteiger partial charge in [0.25, 0.3) is 0 Å². The second kappa shape index (κ2) is 6.11. The Bertz CT molecular complexity index is 222. The van der Waals surface area contributed by atoms with Crippen LogP contribution in [0, 0.1) is 10.1 Å². The minimum Gasteiger partial charge on any atom is -0.304 e. The molecule has 0 amide bonds. The molecule has 84 valence electrons. The van der Waals surface area contributed by atoms with Crippen LogP contribution in [-0.2, 0) is 13.6 Å². The summed E-state index contributed by atoms with van der Waals surface area (Å²) >= 11 is 0. The molecule has 0 saturated carbocycles. The monoisotopic (exact) mass is 225 g/mol. The Kier molecular flexibility index (Phi) is 5.92. The van der Waals surface area contributed by atoms with Gasteiger partial charge < -0.3 is 9.05 Å². The van der Waals surface area contributed by atoms with Gasteiger partial charge in [0.1, 0.15) is 0 Å². The van der Waals surface area contributed by atoms with Crippen LogP contribution in [-0.4, -0.2) is 23.9 Å². The van der Waals surface area contributed by atoms with Crippen molar-refractivity contribution in [1.29, 1.82) is 0 Å². The lowest BCUT2D eigenvalue weighted by atomic mass is 10.5. The van der Waals surface area contributed by atoms with Gasteiger partial charge in [-0.2, -0.15) is 0 Å². The minimum absolute atomic E-state index is 0.129. The second-order valence-corrected chi connectivity index (χ2v) is 4.74. The first-order valence-electron chi connectivity index (χ1n) is 4.54. The van der Waals surface area contributed by atoms with Crippen LogP contribution in [0.2, 0.25) is 0 Å². The summed E-state index contributed by atoms with van der Waals surface area (Å²) in [6.45, 7) is 5.11. The average Bonchev–Trinajstić information content (AvgIpc) is 2.04. The number of hydrogen-bond donors (Lipinski definition) is 0. The lowest BCUT2D eigenvalue weighted by Gasteiger charge is -2.18. The van der Waals surface area contributed by atoms with E-state index in [1.165, 1.54) is 0 Å². The molecule has 0 bridgehead atoms. The lowest BCUT2D eigenvalue weighted by molar-refractivity contribution is -0.501. The molecule has 0 aromatic rings. The Morgan fingerprint density at radius 2 is 1.71 bits per heavy atom. The minimum atomic E-state index is -3.58. The molecular weight excluding hydrogens is 209 g/mol. The van der Waals surface area contributed by atoms with E-state index in [1.807, 2.05) is 0 Å². The highest BCUT2D eigenvalue weighted by Gasteiger charge is 2.43. The first-order chi connectivity index (χ1) is 6.51. The molecule has 0 fully saturated rings. The van der Waals surface area contributed by atoms with Crippen molar-refractivity contribution >= 4 is 7.60 Å². The van der Waals surface area contributed by atoms with E-state index in [1.54, 1.807) is 20.8 Å². The zero-order chi connectivity index (χ0) is 11.2. The van der Waals surface area contributed by atoms with Gasteiger partial charge >= 0.3 is 13.4 Å². The largest absolute Gasteiger partial charge is 0.403 e. The molecule has 14 heavy (non-hydrogen) atoms. The molecule has 0 spiro atoms. The molecule has 0 heterocycles. The number of nitro groups is 1. The van der Waals surface area contributed by atoms with Crippen molar-refractivity contribution in [2.75, 3.05) is 13.2 Å². The van der Waals surface area contributed by atoms with E-state index >= 15 is 0 Å². The van der Waals surface area contributed by atoms with Crippen molar-refractivity contribution in [2.24, 2.45) is 0 Å². The Morgan fingerprint density at radius 1 is 1.29 bits per heavy atom. The molecule has 1 atom stereocenters. The first-order valence-corrected chi connectivity index (χ1v) is 6.15. The van der Waals surface area contributed by atoms with Crippen LogP contribution < -0.4 is 0 Å². The predicted octanol–water partition coefficient (Wildman–Crippen LogP) is 2.27. The Morgan fingerprint density at radius 3 is 1.93 bits per heavy atom. The van der Waals surface area contributed by atoms with Crippen molar-refractivity contribution in [3.8, 4) is 0 Å². The van der Waals surface area contributed by atoms with Gasteiger partial charge in [0.15, 0.2) is 0 Å². The van der Waals surface area contributed by atoms with Gasteiger partial charge in [0.05, 0.1) is 13.2 Å². The quantitative estimate of drug-likeness (QED) is 0.377. The second-order valence-electron chi connectivity index (χ2n) is 2.55. The molecule has 0 aliphatic rings. The maximum Gasteiger partial charge on any atom is 0.403 e. The van der Waals surface area contributed by atoms with E-state index in [0.717, 1.165) is 0 Å². The molecule has 0 unspecified atom stereocenters. The third kappa shape index (κ3) is 3.36. The Labute approximate surface area is 83.3 Å². The van der Waals surface area contributed by atoms with E-state index in [9.17, 15) is 14.7 Å². The Hall–Kier alpha value is -0.450. The van der Waals surface area contributed by atoms with E-state index in [0.29, 0.717) is 0 Å². The Balaban J connectivity index is 4.76. The fourth-order valence-electron chi connectivity index (χ4n) is 1.06. The molecule has 0 rings (SSSR count). The van der Waals surface area contributed by atoms with Gasteiger partial charge in [0, 0.05) is 11.3 Å². The zero-order valence-corrected chi connectivity index (χ0v) is 9.53. The fourth-order valence-corrected chi connectivity index (χ4v) is 2.87. The van der Waals surface area contributed by atoms with Crippen LogP contribution in [0.1, 0.15) is 27.2 Å². The van der Waals surface area contributed by atoms with E-state index in [4.69, 9.17) is 9.05 Å². The summed E-state index contributed by atoms with van der Waals surface area (Å²) < 4.78 is 21.7. The highest BCUT2D eigenvalue weighted by molar-refractivity contribution is 7.54. The van der Waals surface area contributed by atoms with E-state index in [2.05, 4.69) is 0 Å². The lowest BCUT2D eigenvalue weighted by Crippen LogP contribution is -2.21. The third-order valence-electron chi connectivity index (χ3n) is 1.59. The van der Waals surface area contributed by atoms with Crippen molar-refractivity contribution in [3.63, 3.8) is 0 Å². The highest BCUT2D eigenvalue weighted by atomic mass is 31.2. The fraction of sp³-hybridized carbons (Fsp3) is 1.00. The number of rotatable bonds is 7. The maximum atomic E-state index is 11.9. The zero-order valence-electron chi connectivity index (χ0n) is 8.63. The van der Waals surface area contributed by atoms with Crippen molar-refractivity contribution < 1.29 is 18.5 Å². The third-order valence-corrected chi connectivity index (χ3v) is 4.11. The normalized spacial score (nSPS) is 13.9. The van der Waals surface area contributed by atoms with Crippen LogP contribution in [0.25, 0.3) is 0 Å². The maximum absolute atomic E-state index is 11.9. The summed E-state index contributed by atoms with van der Waals surface area (Å²) in [5.74, 6) is -1.26. The van der Waals surface area contributed by atoms with Crippen LogP contribution in [0.4, 0.5) is 0 Å². The smallest absolute Gasteiger partial charge is 0.304 e. The molecule has 0 aliphatic heterocycles. The number of nitrogens with zero attached hydrogens (tertiary/aromatic N) is 1. The molecule has 0 aromatic carbocycles. The van der Waals surface area contributed by atoms with Gasteiger partial charge in [-0.15, -0.1) is 0 Å². The summed E-state index contributed by atoms with van der Waals surface area (Å²) in [5.41, 5.74) is 0. The first kappa shape index (κ1) is 13.5. The summed E-state index contributed by atoms with van der Waals surface area (Å²) in [4.78, 5) is 10.00. The molecule has 0 radical (unpaired) electrons. The van der Waals surface area contributed by atoms with Gasteiger partial charge in [-0.1, -0.05) is 6.92 Å².